The van der Waals surface area contributed by atoms with E-state index in [1.54, 1.807) is 18.5 Å². The second-order valence-electron chi connectivity index (χ2n) is 7.55. The van der Waals surface area contributed by atoms with Crippen LogP contribution in [0.3, 0.4) is 0 Å². The average Bonchev–Trinajstić information content (AvgIpc) is 3.33. The molecule has 0 saturated heterocycles. The summed E-state index contributed by atoms with van der Waals surface area (Å²) in [6.45, 7) is 0. The van der Waals surface area contributed by atoms with Gasteiger partial charge in [-0.1, -0.05) is 11.3 Å². The number of nitrogens with zero attached hydrogens (tertiary/aromatic N) is 5. The number of benzene rings is 1. The Labute approximate surface area is 162 Å². The number of hydrogen-bond donors (Lipinski definition) is 1. The highest BCUT2D eigenvalue weighted by Gasteiger charge is 2.37. The quantitative estimate of drug-likeness (QED) is 0.571. The maximum atomic E-state index is 13.4. The topological polar surface area (TPSA) is 77.6 Å². The molecule has 0 atom stereocenters. The second kappa shape index (κ2) is 5.84. The molecule has 2 aliphatic rings. The molecule has 1 aromatic carbocycles. The summed E-state index contributed by atoms with van der Waals surface area (Å²) in [7, 11) is 0. The molecule has 6 rings (SSSR count). The van der Waals surface area contributed by atoms with E-state index in [1.165, 1.54) is 23.5 Å². The molecule has 2 aliphatic carbocycles. The largest absolute Gasteiger partial charge is 0.359 e. The van der Waals surface area contributed by atoms with Crippen molar-refractivity contribution in [1.29, 1.82) is 0 Å². The van der Waals surface area contributed by atoms with Crippen LogP contribution in [-0.4, -0.2) is 30.1 Å². The van der Waals surface area contributed by atoms with Gasteiger partial charge in [0.1, 0.15) is 5.82 Å². The zero-order valence-corrected chi connectivity index (χ0v) is 15.7. The van der Waals surface area contributed by atoms with Crippen molar-refractivity contribution in [3.63, 3.8) is 0 Å². The summed E-state index contributed by atoms with van der Waals surface area (Å²) in [6, 6.07) is 5.24. The smallest absolute Gasteiger partial charge is 0.332 e. The number of halogens is 1. The van der Waals surface area contributed by atoms with Crippen LogP contribution in [0.2, 0.25) is 0 Å². The van der Waals surface area contributed by atoms with Crippen LogP contribution >= 0.6 is 11.3 Å². The standard InChI is InChI=1S/C19H17FN6OS/c20-10-1-4-14-15(7-10)28-18(24-14)23-11-8-13(9-11)26-17-16(21-5-6-22-17)25(19(26)27)12-2-3-12/h1,4-7,11-13H,2-3,8-9H2,(H,23,24)/t11-,13-. The Morgan fingerprint density at radius 2 is 1.79 bits per heavy atom. The van der Waals surface area contributed by atoms with Gasteiger partial charge in [0.15, 0.2) is 16.4 Å². The lowest BCUT2D eigenvalue weighted by Gasteiger charge is -2.36. The third-order valence-electron chi connectivity index (χ3n) is 5.60. The van der Waals surface area contributed by atoms with Gasteiger partial charge in [0.2, 0.25) is 0 Å². The fraction of sp³-hybridized carbons (Fsp3) is 0.368. The Bertz CT molecular complexity index is 1270. The van der Waals surface area contributed by atoms with Crippen LogP contribution < -0.4 is 11.0 Å². The molecule has 4 aromatic rings. The Morgan fingerprint density at radius 1 is 1.07 bits per heavy atom. The highest BCUT2D eigenvalue weighted by molar-refractivity contribution is 7.22. The van der Waals surface area contributed by atoms with E-state index in [2.05, 4.69) is 20.3 Å². The fourth-order valence-corrected chi connectivity index (χ4v) is 4.97. The second-order valence-corrected chi connectivity index (χ2v) is 8.59. The third-order valence-corrected chi connectivity index (χ3v) is 6.55. The van der Waals surface area contributed by atoms with Crippen molar-refractivity contribution in [2.75, 3.05) is 5.32 Å². The van der Waals surface area contributed by atoms with Crippen LogP contribution in [0.5, 0.6) is 0 Å². The number of rotatable bonds is 4. The summed E-state index contributed by atoms with van der Waals surface area (Å²) in [6.07, 6.45) is 7.00. The van der Waals surface area contributed by atoms with Gasteiger partial charge in [-0.3, -0.25) is 9.13 Å². The number of hydrogen-bond acceptors (Lipinski definition) is 6. The third kappa shape index (κ3) is 2.46. The normalized spacial score (nSPS) is 21.9. The van der Waals surface area contributed by atoms with E-state index in [-0.39, 0.29) is 29.6 Å². The first-order chi connectivity index (χ1) is 13.7. The van der Waals surface area contributed by atoms with Gasteiger partial charge in [-0.05, 0) is 43.9 Å². The minimum Gasteiger partial charge on any atom is -0.359 e. The fourth-order valence-electron chi connectivity index (χ4n) is 4.00. The first kappa shape index (κ1) is 16.2. The predicted molar refractivity (Wildman–Crippen MR) is 105 cm³/mol. The van der Waals surface area contributed by atoms with Gasteiger partial charge in [0.05, 0.1) is 10.2 Å². The van der Waals surface area contributed by atoms with E-state index < -0.39 is 0 Å². The zero-order valence-electron chi connectivity index (χ0n) is 14.9. The monoisotopic (exact) mass is 396 g/mol. The highest BCUT2D eigenvalue weighted by atomic mass is 32.1. The van der Waals surface area contributed by atoms with Crippen molar-refractivity contribution >= 4 is 38.0 Å². The Morgan fingerprint density at radius 3 is 2.50 bits per heavy atom. The number of anilines is 1. The van der Waals surface area contributed by atoms with Crippen molar-refractivity contribution in [3.05, 3.63) is 46.9 Å². The van der Waals surface area contributed by atoms with Crippen LogP contribution in [0, 0.1) is 5.82 Å². The molecule has 0 unspecified atom stereocenters. The Kier molecular flexibility index (Phi) is 3.37. The van der Waals surface area contributed by atoms with E-state index in [9.17, 15) is 9.18 Å². The first-order valence-corrected chi connectivity index (χ1v) is 10.2. The minimum atomic E-state index is -0.251. The number of aromatic nitrogens is 5. The van der Waals surface area contributed by atoms with Crippen molar-refractivity contribution in [2.24, 2.45) is 0 Å². The SMILES string of the molecule is O=c1n(C2CC2)c2nccnc2n1[C@H]1C[C@H](Nc2nc3ccc(F)cc3s2)C1. The summed E-state index contributed by atoms with van der Waals surface area (Å²) in [4.78, 5) is 26.4. The molecule has 0 aliphatic heterocycles. The molecule has 0 radical (unpaired) electrons. The Hall–Kier alpha value is -2.81. The van der Waals surface area contributed by atoms with Gasteiger partial charge < -0.3 is 5.32 Å². The number of imidazole rings is 1. The zero-order chi connectivity index (χ0) is 18.8. The maximum Gasteiger partial charge on any atom is 0.332 e. The molecular formula is C19H17FN6OS. The van der Waals surface area contributed by atoms with Gasteiger partial charge in [-0.2, -0.15) is 0 Å². The lowest BCUT2D eigenvalue weighted by Crippen LogP contribution is -2.41. The van der Waals surface area contributed by atoms with Crippen molar-refractivity contribution in [2.45, 2.75) is 43.8 Å². The molecule has 28 heavy (non-hydrogen) atoms. The van der Waals surface area contributed by atoms with Gasteiger partial charge in [0, 0.05) is 30.5 Å². The molecule has 0 spiro atoms. The lowest BCUT2D eigenvalue weighted by atomic mass is 9.86. The molecule has 142 valence electrons. The molecule has 0 bridgehead atoms. The summed E-state index contributed by atoms with van der Waals surface area (Å²) in [5.41, 5.74) is 2.17. The van der Waals surface area contributed by atoms with Crippen molar-refractivity contribution in [1.82, 2.24) is 24.1 Å². The van der Waals surface area contributed by atoms with E-state index in [0.717, 1.165) is 41.0 Å². The van der Waals surface area contributed by atoms with Gasteiger partial charge in [-0.25, -0.2) is 24.1 Å². The summed E-state index contributed by atoms with van der Waals surface area (Å²) in [5.74, 6) is -0.251. The molecule has 3 aromatic heterocycles. The highest BCUT2D eigenvalue weighted by Crippen LogP contribution is 2.39. The van der Waals surface area contributed by atoms with Gasteiger partial charge in [-0.15, -0.1) is 0 Å². The van der Waals surface area contributed by atoms with Crippen LogP contribution in [0.1, 0.15) is 37.8 Å². The molecule has 1 N–H and O–H groups in total. The summed E-state index contributed by atoms with van der Waals surface area (Å²) < 4.78 is 17.8. The molecule has 3 heterocycles. The molecule has 2 fully saturated rings. The van der Waals surface area contributed by atoms with Gasteiger partial charge in [0.25, 0.3) is 0 Å². The van der Waals surface area contributed by atoms with Crippen molar-refractivity contribution in [3.8, 4) is 0 Å². The maximum absolute atomic E-state index is 13.4. The van der Waals surface area contributed by atoms with Crippen LogP contribution in [-0.2, 0) is 0 Å². The summed E-state index contributed by atoms with van der Waals surface area (Å²) >= 11 is 1.45. The first-order valence-electron chi connectivity index (χ1n) is 9.43. The predicted octanol–water partition coefficient (Wildman–Crippen LogP) is 3.49. The van der Waals surface area contributed by atoms with E-state index >= 15 is 0 Å². The molecule has 9 heteroatoms. The lowest BCUT2D eigenvalue weighted by molar-refractivity contribution is 0.280. The van der Waals surface area contributed by atoms with Gasteiger partial charge >= 0.3 is 5.69 Å². The number of nitrogens with one attached hydrogen (secondary N) is 1. The number of thiazole rings is 1. The molecule has 7 nitrogen and oxygen atoms in total. The van der Waals surface area contributed by atoms with Crippen molar-refractivity contribution < 1.29 is 4.39 Å². The average molecular weight is 396 g/mol. The van der Waals surface area contributed by atoms with E-state index in [4.69, 9.17) is 0 Å². The van der Waals surface area contributed by atoms with Crippen LogP contribution in [0.4, 0.5) is 9.52 Å². The summed E-state index contributed by atoms with van der Waals surface area (Å²) in [5, 5.41) is 4.21. The Balaban J connectivity index is 1.25. The van der Waals surface area contributed by atoms with Crippen LogP contribution in [0.15, 0.2) is 35.4 Å². The van der Waals surface area contributed by atoms with E-state index in [1.807, 2.05) is 9.13 Å². The molecule has 0 amide bonds. The molecule has 2 saturated carbocycles. The van der Waals surface area contributed by atoms with E-state index in [0.29, 0.717) is 11.3 Å². The minimum absolute atomic E-state index is 0.00242. The van der Waals surface area contributed by atoms with Crippen LogP contribution in [0.25, 0.3) is 21.5 Å². The number of fused-ring (bicyclic) bond motifs is 2. The molecular weight excluding hydrogens is 379 g/mol.